The van der Waals surface area contributed by atoms with Crippen LogP contribution in [0.1, 0.15) is 5.56 Å². The van der Waals surface area contributed by atoms with E-state index in [1.54, 1.807) is 10.9 Å². The molecule has 0 amide bonds. The molecular formula is C16H12F2N2. The van der Waals surface area contributed by atoms with Crippen molar-refractivity contribution in [3.05, 3.63) is 78.3 Å². The second kappa shape index (κ2) is 5.25. The Morgan fingerprint density at radius 1 is 1.00 bits per heavy atom. The Hall–Kier alpha value is -2.49. The average molecular weight is 270 g/mol. The molecule has 0 atom stereocenters. The molecule has 3 rings (SSSR count). The molecule has 0 aliphatic rings. The van der Waals surface area contributed by atoms with Crippen LogP contribution in [0.25, 0.3) is 11.3 Å². The molecule has 4 heteroatoms. The van der Waals surface area contributed by atoms with Gasteiger partial charge in [-0.15, -0.1) is 0 Å². The van der Waals surface area contributed by atoms with E-state index in [2.05, 4.69) is 4.98 Å². The molecule has 2 nitrogen and oxygen atoms in total. The predicted octanol–water partition coefficient (Wildman–Crippen LogP) is 3.88. The van der Waals surface area contributed by atoms with Gasteiger partial charge in [0.25, 0.3) is 0 Å². The maximum absolute atomic E-state index is 13.6. The summed E-state index contributed by atoms with van der Waals surface area (Å²) < 4.78 is 28.4. The van der Waals surface area contributed by atoms with Crippen molar-refractivity contribution in [1.82, 2.24) is 9.55 Å². The lowest BCUT2D eigenvalue weighted by Gasteiger charge is -2.04. The monoisotopic (exact) mass is 270 g/mol. The highest BCUT2D eigenvalue weighted by Gasteiger charge is 2.06. The van der Waals surface area contributed by atoms with Gasteiger partial charge in [0.2, 0.25) is 0 Å². The summed E-state index contributed by atoms with van der Waals surface area (Å²) in [7, 11) is 0. The summed E-state index contributed by atoms with van der Waals surface area (Å²) in [4.78, 5) is 4.28. The Morgan fingerprint density at radius 2 is 1.80 bits per heavy atom. The van der Waals surface area contributed by atoms with Gasteiger partial charge in [0, 0.05) is 17.3 Å². The van der Waals surface area contributed by atoms with Gasteiger partial charge in [0.1, 0.15) is 11.6 Å². The lowest BCUT2D eigenvalue weighted by Crippen LogP contribution is -2.00. The van der Waals surface area contributed by atoms with E-state index in [1.165, 1.54) is 6.07 Å². The lowest BCUT2D eigenvalue weighted by atomic mass is 10.2. The Balaban J connectivity index is 1.86. The second-order valence-corrected chi connectivity index (χ2v) is 4.53. The van der Waals surface area contributed by atoms with Crippen molar-refractivity contribution in [3.8, 4) is 11.3 Å². The molecule has 0 fully saturated rings. The van der Waals surface area contributed by atoms with Crippen LogP contribution < -0.4 is 0 Å². The van der Waals surface area contributed by atoms with Crippen LogP contribution in [0, 0.1) is 11.6 Å². The van der Waals surface area contributed by atoms with E-state index in [0.29, 0.717) is 5.56 Å². The van der Waals surface area contributed by atoms with Crippen molar-refractivity contribution in [2.24, 2.45) is 0 Å². The molecule has 0 bridgehead atoms. The van der Waals surface area contributed by atoms with Gasteiger partial charge in [-0.1, -0.05) is 30.3 Å². The van der Waals surface area contributed by atoms with Crippen molar-refractivity contribution in [2.45, 2.75) is 6.54 Å². The quantitative estimate of drug-likeness (QED) is 0.706. The number of hydrogen-bond acceptors (Lipinski definition) is 1. The highest BCUT2D eigenvalue weighted by atomic mass is 19.1. The summed E-state index contributed by atoms with van der Waals surface area (Å²) in [6.07, 6.45) is 3.44. The van der Waals surface area contributed by atoms with Gasteiger partial charge in [0.05, 0.1) is 18.6 Å². The number of imidazole rings is 1. The second-order valence-electron chi connectivity index (χ2n) is 4.53. The van der Waals surface area contributed by atoms with E-state index in [0.717, 1.165) is 23.4 Å². The standard InChI is InChI=1S/C16H12F2N2/c17-14-6-7-15(18)13(8-14)9-20-10-16(19-11-20)12-4-2-1-3-5-12/h1-8,10-11H,9H2. The van der Waals surface area contributed by atoms with Crippen molar-refractivity contribution in [1.29, 1.82) is 0 Å². The molecule has 100 valence electrons. The summed E-state index contributed by atoms with van der Waals surface area (Å²) in [6.45, 7) is 0.253. The fraction of sp³-hybridized carbons (Fsp3) is 0.0625. The normalized spacial score (nSPS) is 10.7. The Morgan fingerprint density at radius 3 is 2.60 bits per heavy atom. The third-order valence-electron chi connectivity index (χ3n) is 3.06. The first kappa shape index (κ1) is 12.5. The maximum atomic E-state index is 13.6. The molecule has 1 aromatic heterocycles. The predicted molar refractivity (Wildman–Crippen MR) is 73.1 cm³/mol. The van der Waals surface area contributed by atoms with Gasteiger partial charge in [-0.25, -0.2) is 13.8 Å². The largest absolute Gasteiger partial charge is 0.332 e. The first-order chi connectivity index (χ1) is 9.72. The molecule has 0 aliphatic carbocycles. The van der Waals surface area contributed by atoms with Gasteiger partial charge >= 0.3 is 0 Å². The van der Waals surface area contributed by atoms with Crippen LogP contribution in [0.3, 0.4) is 0 Å². The van der Waals surface area contributed by atoms with Gasteiger partial charge < -0.3 is 4.57 Å². The minimum absolute atomic E-state index is 0.253. The number of rotatable bonds is 3. The lowest BCUT2D eigenvalue weighted by molar-refractivity contribution is 0.577. The smallest absolute Gasteiger partial charge is 0.128 e. The number of hydrogen-bond donors (Lipinski definition) is 0. The molecule has 0 N–H and O–H groups in total. The molecule has 2 aromatic carbocycles. The van der Waals surface area contributed by atoms with Crippen LogP contribution in [0.5, 0.6) is 0 Å². The highest BCUT2D eigenvalue weighted by molar-refractivity contribution is 5.57. The topological polar surface area (TPSA) is 17.8 Å². The minimum Gasteiger partial charge on any atom is -0.332 e. The summed E-state index contributed by atoms with van der Waals surface area (Å²) in [6, 6.07) is 13.2. The van der Waals surface area contributed by atoms with Crippen LogP contribution in [0.15, 0.2) is 61.1 Å². The Labute approximate surface area is 115 Å². The number of halogens is 2. The zero-order valence-electron chi connectivity index (χ0n) is 10.6. The third-order valence-corrected chi connectivity index (χ3v) is 3.06. The van der Waals surface area contributed by atoms with E-state index >= 15 is 0 Å². The van der Waals surface area contributed by atoms with E-state index in [4.69, 9.17) is 0 Å². The zero-order valence-corrected chi connectivity index (χ0v) is 10.6. The van der Waals surface area contributed by atoms with Crippen molar-refractivity contribution < 1.29 is 8.78 Å². The van der Waals surface area contributed by atoms with Crippen LogP contribution in [0.2, 0.25) is 0 Å². The molecule has 0 saturated heterocycles. The molecule has 0 spiro atoms. The van der Waals surface area contributed by atoms with Crippen molar-refractivity contribution >= 4 is 0 Å². The molecule has 0 saturated carbocycles. The molecule has 0 unspecified atom stereocenters. The average Bonchev–Trinajstić information content (AvgIpc) is 2.92. The van der Waals surface area contributed by atoms with Crippen LogP contribution >= 0.6 is 0 Å². The first-order valence-corrected chi connectivity index (χ1v) is 6.23. The fourth-order valence-corrected chi connectivity index (χ4v) is 2.07. The van der Waals surface area contributed by atoms with Gasteiger partial charge in [-0.2, -0.15) is 0 Å². The van der Waals surface area contributed by atoms with Gasteiger partial charge in [-0.05, 0) is 18.2 Å². The van der Waals surface area contributed by atoms with Crippen molar-refractivity contribution in [3.63, 3.8) is 0 Å². The van der Waals surface area contributed by atoms with Crippen LogP contribution in [-0.2, 0) is 6.54 Å². The van der Waals surface area contributed by atoms with Gasteiger partial charge in [0.15, 0.2) is 0 Å². The fourth-order valence-electron chi connectivity index (χ4n) is 2.07. The third kappa shape index (κ3) is 2.59. The summed E-state index contributed by atoms with van der Waals surface area (Å²) in [5.74, 6) is -0.855. The molecular weight excluding hydrogens is 258 g/mol. The number of aromatic nitrogens is 2. The summed E-state index contributed by atoms with van der Waals surface area (Å²) in [5, 5.41) is 0. The molecule has 0 radical (unpaired) electrons. The first-order valence-electron chi connectivity index (χ1n) is 6.23. The summed E-state index contributed by atoms with van der Waals surface area (Å²) >= 11 is 0. The van der Waals surface area contributed by atoms with E-state index < -0.39 is 11.6 Å². The van der Waals surface area contributed by atoms with Crippen LogP contribution in [-0.4, -0.2) is 9.55 Å². The molecule has 1 heterocycles. The van der Waals surface area contributed by atoms with Crippen molar-refractivity contribution in [2.75, 3.05) is 0 Å². The van der Waals surface area contributed by atoms with Crippen LogP contribution in [0.4, 0.5) is 8.78 Å². The van der Waals surface area contributed by atoms with Gasteiger partial charge in [-0.3, -0.25) is 0 Å². The highest BCUT2D eigenvalue weighted by Crippen LogP contribution is 2.17. The number of benzene rings is 2. The SMILES string of the molecule is Fc1ccc(F)c(Cn2cnc(-c3ccccc3)c2)c1. The zero-order chi connectivity index (χ0) is 13.9. The minimum atomic E-state index is -0.440. The Kier molecular flexibility index (Phi) is 3.29. The van der Waals surface area contributed by atoms with E-state index in [-0.39, 0.29) is 6.54 Å². The molecule has 0 aliphatic heterocycles. The molecule has 3 aromatic rings. The maximum Gasteiger partial charge on any atom is 0.128 e. The number of nitrogens with zero attached hydrogens (tertiary/aromatic N) is 2. The summed E-state index contributed by atoms with van der Waals surface area (Å²) in [5.41, 5.74) is 2.11. The Bertz CT molecular complexity index is 720. The van der Waals surface area contributed by atoms with E-state index in [9.17, 15) is 8.78 Å². The molecule has 20 heavy (non-hydrogen) atoms. The van der Waals surface area contributed by atoms with E-state index in [1.807, 2.05) is 36.5 Å².